The second-order valence-electron chi connectivity index (χ2n) is 5.27. The zero-order chi connectivity index (χ0) is 14.9. The molecule has 0 spiro atoms. The van der Waals surface area contributed by atoms with Gasteiger partial charge >= 0.3 is 5.97 Å². The van der Waals surface area contributed by atoms with Gasteiger partial charge in [-0.1, -0.05) is 0 Å². The molecule has 1 aliphatic heterocycles. The quantitative estimate of drug-likeness (QED) is 0.909. The normalized spacial score (nSPS) is 22.8. The highest BCUT2D eigenvalue weighted by Crippen LogP contribution is 2.25. The molecule has 1 aromatic rings. The molecule has 0 aliphatic carbocycles. The van der Waals surface area contributed by atoms with Gasteiger partial charge in [0.2, 0.25) is 0 Å². The molecule has 112 valence electrons. The third kappa shape index (κ3) is 3.80. The Morgan fingerprint density at radius 2 is 2.20 bits per heavy atom. The first-order valence-corrected chi connectivity index (χ1v) is 9.13. The van der Waals surface area contributed by atoms with Gasteiger partial charge in [-0.25, -0.2) is 8.42 Å². The fraction of sp³-hybridized carbons (Fsp3) is 0.615. The summed E-state index contributed by atoms with van der Waals surface area (Å²) in [7, 11) is -3.11. The van der Waals surface area contributed by atoms with Crippen molar-refractivity contribution < 1.29 is 18.3 Å². The fourth-order valence-corrected chi connectivity index (χ4v) is 5.11. The van der Waals surface area contributed by atoms with Crippen molar-refractivity contribution in [2.24, 2.45) is 0 Å². The minimum absolute atomic E-state index is 0.0541. The van der Waals surface area contributed by atoms with E-state index < -0.39 is 21.8 Å². The van der Waals surface area contributed by atoms with Crippen LogP contribution in [-0.4, -0.2) is 48.5 Å². The summed E-state index contributed by atoms with van der Waals surface area (Å²) < 4.78 is 23.4. The van der Waals surface area contributed by atoms with Gasteiger partial charge in [-0.3, -0.25) is 9.69 Å². The van der Waals surface area contributed by atoms with Gasteiger partial charge in [0.25, 0.3) is 0 Å². The van der Waals surface area contributed by atoms with Gasteiger partial charge in [0.05, 0.1) is 17.9 Å². The summed E-state index contributed by atoms with van der Waals surface area (Å²) in [5, 5.41) is 8.96. The summed E-state index contributed by atoms with van der Waals surface area (Å²) in [6.45, 7) is 5.12. The second kappa shape index (κ2) is 5.83. The van der Waals surface area contributed by atoms with Crippen LogP contribution in [0.3, 0.4) is 0 Å². The fourth-order valence-electron chi connectivity index (χ4n) is 2.58. The molecule has 7 heteroatoms. The first-order valence-electron chi connectivity index (χ1n) is 6.49. The van der Waals surface area contributed by atoms with E-state index in [1.54, 1.807) is 11.3 Å². The highest BCUT2D eigenvalue weighted by molar-refractivity contribution is 7.91. The highest BCUT2D eigenvalue weighted by Gasteiger charge is 2.32. The van der Waals surface area contributed by atoms with Crippen molar-refractivity contribution in [2.45, 2.75) is 32.9 Å². The Hall–Kier alpha value is -0.920. The maximum atomic E-state index is 11.7. The second-order valence-corrected chi connectivity index (χ2v) is 8.96. The largest absolute Gasteiger partial charge is 0.481 e. The Balaban J connectivity index is 2.15. The number of thiophene rings is 1. The van der Waals surface area contributed by atoms with Crippen LogP contribution in [0.2, 0.25) is 0 Å². The van der Waals surface area contributed by atoms with Crippen LogP contribution < -0.4 is 0 Å². The molecule has 2 rings (SSSR count). The summed E-state index contributed by atoms with van der Waals surface area (Å²) in [6.07, 6.45) is -0.124. The van der Waals surface area contributed by atoms with Gasteiger partial charge in [0, 0.05) is 28.9 Å². The Morgan fingerprint density at radius 1 is 1.50 bits per heavy atom. The minimum atomic E-state index is -3.11. The molecule has 0 amide bonds. The molecule has 5 nitrogen and oxygen atoms in total. The van der Waals surface area contributed by atoms with Crippen LogP contribution in [0, 0.1) is 13.8 Å². The molecule has 1 N–H and O–H groups in total. The lowest BCUT2D eigenvalue weighted by Crippen LogP contribution is -2.48. The van der Waals surface area contributed by atoms with Crippen molar-refractivity contribution >= 4 is 27.1 Å². The monoisotopic (exact) mass is 317 g/mol. The number of hydrogen-bond donors (Lipinski definition) is 1. The van der Waals surface area contributed by atoms with E-state index in [0.717, 1.165) is 0 Å². The van der Waals surface area contributed by atoms with Gasteiger partial charge in [-0.2, -0.15) is 0 Å². The molecular weight excluding hydrogens is 298 g/mol. The predicted octanol–water partition coefficient (Wildman–Crippen LogP) is 1.44. The Kier molecular flexibility index (Phi) is 4.51. The number of carboxylic acids is 1. The summed E-state index contributed by atoms with van der Waals surface area (Å²) in [5.74, 6) is -0.887. The first-order chi connectivity index (χ1) is 9.27. The van der Waals surface area contributed by atoms with Crippen LogP contribution in [0.1, 0.15) is 21.7 Å². The summed E-state index contributed by atoms with van der Waals surface area (Å²) >= 11 is 1.71. The van der Waals surface area contributed by atoms with E-state index >= 15 is 0 Å². The Bertz CT molecular complexity index is 606. The molecule has 1 unspecified atom stereocenters. The maximum Gasteiger partial charge on any atom is 0.304 e. The van der Waals surface area contributed by atoms with Gasteiger partial charge in [0.1, 0.15) is 0 Å². The van der Waals surface area contributed by atoms with Crippen molar-refractivity contribution in [3.05, 3.63) is 21.4 Å². The molecule has 0 radical (unpaired) electrons. The topological polar surface area (TPSA) is 74.7 Å². The van der Waals surface area contributed by atoms with E-state index in [1.807, 2.05) is 18.7 Å². The Morgan fingerprint density at radius 3 is 2.75 bits per heavy atom. The maximum absolute atomic E-state index is 11.7. The van der Waals surface area contributed by atoms with Crippen LogP contribution in [0.25, 0.3) is 0 Å². The first kappa shape index (κ1) is 15.5. The molecule has 1 fully saturated rings. The van der Waals surface area contributed by atoms with Crippen molar-refractivity contribution in [3.8, 4) is 0 Å². The van der Waals surface area contributed by atoms with Crippen molar-refractivity contribution in [3.63, 3.8) is 0 Å². The molecule has 1 atom stereocenters. The Labute approximate surface area is 123 Å². The molecule has 0 saturated carbocycles. The van der Waals surface area contributed by atoms with E-state index in [0.29, 0.717) is 13.1 Å². The smallest absolute Gasteiger partial charge is 0.304 e. The number of carbonyl (C=O) groups is 1. The highest BCUT2D eigenvalue weighted by atomic mass is 32.2. The summed E-state index contributed by atoms with van der Waals surface area (Å²) in [6, 6.07) is 1.67. The number of aryl methyl sites for hydroxylation is 2. The third-order valence-electron chi connectivity index (χ3n) is 3.58. The zero-order valence-corrected chi connectivity index (χ0v) is 13.3. The minimum Gasteiger partial charge on any atom is -0.481 e. The molecular formula is C13H19NO4S2. The lowest BCUT2D eigenvalue weighted by molar-refractivity contribution is -0.138. The molecule has 20 heavy (non-hydrogen) atoms. The van der Waals surface area contributed by atoms with E-state index in [2.05, 4.69) is 6.07 Å². The lowest BCUT2D eigenvalue weighted by atomic mass is 10.1. The molecule has 0 aromatic carbocycles. The lowest BCUT2D eigenvalue weighted by Gasteiger charge is -2.34. The molecule has 2 heterocycles. The molecule has 1 aliphatic rings. The number of nitrogens with zero attached hydrogens (tertiary/aromatic N) is 1. The van der Waals surface area contributed by atoms with E-state index in [4.69, 9.17) is 5.11 Å². The van der Waals surface area contributed by atoms with Crippen LogP contribution in [0.5, 0.6) is 0 Å². The van der Waals surface area contributed by atoms with Gasteiger partial charge in [-0.05, 0) is 25.5 Å². The van der Waals surface area contributed by atoms with E-state index in [1.165, 1.54) is 15.3 Å². The standard InChI is InChI=1S/C13H19NO4S2/c1-9-5-11(10(2)19-9)7-14-3-4-20(17,18)8-12(14)6-13(15)16/h5,12H,3-4,6-8H2,1-2H3,(H,15,16). The predicted molar refractivity (Wildman–Crippen MR) is 78.9 cm³/mol. The average Bonchev–Trinajstić information content (AvgIpc) is 2.60. The zero-order valence-electron chi connectivity index (χ0n) is 11.6. The van der Waals surface area contributed by atoms with Crippen LogP contribution >= 0.6 is 11.3 Å². The number of hydrogen-bond acceptors (Lipinski definition) is 5. The molecule has 1 saturated heterocycles. The van der Waals surface area contributed by atoms with Crippen molar-refractivity contribution in [1.29, 1.82) is 0 Å². The van der Waals surface area contributed by atoms with Crippen LogP contribution in [-0.2, 0) is 21.2 Å². The van der Waals surface area contributed by atoms with E-state index in [9.17, 15) is 13.2 Å². The summed E-state index contributed by atoms with van der Waals surface area (Å²) in [4.78, 5) is 15.4. The number of sulfone groups is 1. The number of carboxylic acid groups (broad SMARTS) is 1. The molecule has 1 aromatic heterocycles. The number of aliphatic carboxylic acids is 1. The molecule has 0 bridgehead atoms. The average molecular weight is 317 g/mol. The summed E-state index contributed by atoms with van der Waals surface area (Å²) in [5.41, 5.74) is 1.17. The van der Waals surface area contributed by atoms with Crippen molar-refractivity contribution in [2.75, 3.05) is 18.1 Å². The van der Waals surface area contributed by atoms with Gasteiger partial charge in [0.15, 0.2) is 9.84 Å². The SMILES string of the molecule is Cc1cc(CN2CCS(=O)(=O)CC2CC(=O)O)c(C)s1. The third-order valence-corrected chi connectivity index (χ3v) is 6.29. The van der Waals surface area contributed by atoms with E-state index in [-0.39, 0.29) is 17.9 Å². The van der Waals surface area contributed by atoms with Gasteiger partial charge in [-0.15, -0.1) is 11.3 Å². The van der Waals surface area contributed by atoms with Crippen LogP contribution in [0.15, 0.2) is 6.07 Å². The van der Waals surface area contributed by atoms with Crippen molar-refractivity contribution in [1.82, 2.24) is 4.90 Å². The van der Waals surface area contributed by atoms with Crippen LogP contribution in [0.4, 0.5) is 0 Å². The number of rotatable bonds is 4. The van der Waals surface area contributed by atoms with Gasteiger partial charge < -0.3 is 5.11 Å².